The average molecular weight is 479 g/mol. The maximum Gasteiger partial charge on any atom is 0.168 e. The van der Waals surface area contributed by atoms with E-state index in [0.717, 1.165) is 37.6 Å². The van der Waals surface area contributed by atoms with Gasteiger partial charge in [0.2, 0.25) is 0 Å². The number of hydrogen-bond donors (Lipinski definition) is 0. The molecular formula is C16H38O4S4Si2. The van der Waals surface area contributed by atoms with Crippen molar-refractivity contribution in [3.63, 3.8) is 0 Å². The van der Waals surface area contributed by atoms with Crippen LogP contribution in [0.4, 0.5) is 0 Å². The minimum Gasteiger partial charge on any atom is -0.399 e. The van der Waals surface area contributed by atoms with Gasteiger partial charge in [-0.3, -0.25) is 0 Å². The van der Waals surface area contributed by atoms with E-state index in [9.17, 15) is 0 Å². The van der Waals surface area contributed by atoms with Crippen molar-refractivity contribution in [3.8, 4) is 0 Å². The van der Waals surface area contributed by atoms with Crippen molar-refractivity contribution >= 4 is 60.8 Å². The Bertz CT molecular complexity index is 281. The van der Waals surface area contributed by atoms with Crippen LogP contribution in [-0.2, 0) is 18.3 Å². The van der Waals surface area contributed by atoms with E-state index in [-0.39, 0.29) is 12.6 Å². The van der Waals surface area contributed by atoms with E-state index in [0.29, 0.717) is 11.1 Å². The van der Waals surface area contributed by atoms with Crippen LogP contribution in [0.15, 0.2) is 0 Å². The molecule has 10 heteroatoms. The van der Waals surface area contributed by atoms with Gasteiger partial charge in [0.1, 0.15) is 12.6 Å². The van der Waals surface area contributed by atoms with Crippen LogP contribution in [0.25, 0.3) is 0 Å². The van der Waals surface area contributed by atoms with Crippen molar-refractivity contribution in [1.29, 1.82) is 0 Å². The molecule has 4 nitrogen and oxygen atoms in total. The summed E-state index contributed by atoms with van der Waals surface area (Å²) in [4.78, 5) is 0. The van der Waals surface area contributed by atoms with Gasteiger partial charge in [-0.05, 0) is 57.4 Å². The molecule has 0 fully saturated rings. The molecule has 0 aliphatic heterocycles. The lowest BCUT2D eigenvalue weighted by atomic mass is 10.5. The molecule has 0 aliphatic rings. The van der Waals surface area contributed by atoms with Gasteiger partial charge in [-0.25, -0.2) is 0 Å². The first-order valence-corrected chi connectivity index (χ1v) is 17.5. The Morgan fingerprint density at radius 2 is 1.08 bits per heavy atom. The quantitative estimate of drug-likeness (QED) is 0.111. The molecule has 0 radical (unpaired) electrons. The molecule has 0 aromatic carbocycles. The summed E-state index contributed by atoms with van der Waals surface area (Å²) >= 11 is 0. The number of hydrogen-bond acceptors (Lipinski definition) is 8. The van der Waals surface area contributed by atoms with Gasteiger partial charge in [-0.15, -0.1) is 0 Å². The van der Waals surface area contributed by atoms with Gasteiger partial charge in [-0.1, -0.05) is 49.3 Å². The van der Waals surface area contributed by atoms with Gasteiger partial charge in [-0.2, -0.15) is 0 Å². The van der Waals surface area contributed by atoms with Crippen LogP contribution in [0.3, 0.4) is 0 Å². The first-order chi connectivity index (χ1) is 12.6. The first-order valence-electron chi connectivity index (χ1n) is 9.61. The van der Waals surface area contributed by atoms with E-state index in [1.807, 2.05) is 55.1 Å². The third-order valence-electron chi connectivity index (χ3n) is 3.33. The third kappa shape index (κ3) is 16.6. The van der Waals surface area contributed by atoms with Crippen LogP contribution in [0.5, 0.6) is 0 Å². The van der Waals surface area contributed by atoms with Crippen molar-refractivity contribution in [2.24, 2.45) is 0 Å². The average Bonchev–Trinajstić information content (AvgIpc) is 2.64. The molecule has 0 amide bonds. The summed E-state index contributed by atoms with van der Waals surface area (Å²) in [7, 11) is 6.65. The molecule has 0 heterocycles. The lowest BCUT2D eigenvalue weighted by Gasteiger charge is -2.19. The Hall–Kier alpha value is 1.67. The maximum absolute atomic E-state index is 5.94. The molecule has 0 spiro atoms. The fourth-order valence-electron chi connectivity index (χ4n) is 1.91. The molecule has 4 atom stereocenters. The van der Waals surface area contributed by atoms with Gasteiger partial charge in [0.15, 0.2) is 19.5 Å². The van der Waals surface area contributed by atoms with Crippen LogP contribution in [-0.4, -0.2) is 56.8 Å². The molecule has 0 N–H and O–H groups in total. The molecule has 4 unspecified atom stereocenters. The van der Waals surface area contributed by atoms with E-state index in [1.165, 1.54) is 0 Å². The second-order valence-corrected chi connectivity index (χ2v) is 16.4. The maximum atomic E-state index is 5.94. The Kier molecular flexibility index (Phi) is 21.3. The van der Waals surface area contributed by atoms with E-state index in [4.69, 9.17) is 18.3 Å². The molecule has 0 aromatic heterocycles. The van der Waals surface area contributed by atoms with E-state index < -0.39 is 19.5 Å². The van der Waals surface area contributed by atoms with Crippen LogP contribution in [0.2, 0.25) is 11.1 Å². The molecule has 0 saturated heterocycles. The minimum atomic E-state index is -0.515. The molecule has 0 aromatic rings. The van der Waals surface area contributed by atoms with E-state index >= 15 is 0 Å². The summed E-state index contributed by atoms with van der Waals surface area (Å²) in [6.07, 6.45) is 1.91. The third-order valence-corrected chi connectivity index (χ3v) is 14.0. The highest BCUT2D eigenvalue weighted by Crippen LogP contribution is 2.45. The molecule has 0 bridgehead atoms. The molecular weight excluding hydrogens is 441 g/mol. The van der Waals surface area contributed by atoms with Gasteiger partial charge in [0.25, 0.3) is 0 Å². The lowest BCUT2D eigenvalue weighted by molar-refractivity contribution is -0.0769. The summed E-state index contributed by atoms with van der Waals surface area (Å²) < 4.78 is 23.0. The predicted octanol–water partition coefficient (Wildman–Crippen LogP) is 5.03. The lowest BCUT2D eigenvalue weighted by Crippen LogP contribution is -2.21. The fraction of sp³-hybridized carbons (Fsp3) is 1.00. The number of ether oxygens (including phenoxy) is 2. The number of rotatable bonds is 19. The molecule has 0 saturated carbocycles. The van der Waals surface area contributed by atoms with Crippen LogP contribution >= 0.6 is 41.2 Å². The second-order valence-electron chi connectivity index (χ2n) is 6.17. The summed E-state index contributed by atoms with van der Waals surface area (Å²) in [6, 6.07) is 0. The summed E-state index contributed by atoms with van der Waals surface area (Å²) in [5.41, 5.74) is 1.36. The smallest absolute Gasteiger partial charge is 0.168 e. The summed E-state index contributed by atoms with van der Waals surface area (Å²) in [5.74, 6) is 2.32. The second kappa shape index (κ2) is 20.0. The van der Waals surface area contributed by atoms with E-state index in [2.05, 4.69) is 27.7 Å². The molecule has 0 aliphatic carbocycles. The molecule has 158 valence electrons. The van der Waals surface area contributed by atoms with Gasteiger partial charge >= 0.3 is 0 Å². The van der Waals surface area contributed by atoms with Gasteiger partial charge < -0.3 is 18.3 Å². The van der Waals surface area contributed by atoms with Crippen molar-refractivity contribution in [1.82, 2.24) is 0 Å². The molecule has 0 rings (SSSR count). The van der Waals surface area contributed by atoms with Crippen molar-refractivity contribution in [2.45, 2.75) is 78.0 Å². The topological polar surface area (TPSA) is 36.9 Å². The zero-order valence-corrected chi connectivity index (χ0v) is 23.3. The van der Waals surface area contributed by atoms with Crippen molar-refractivity contribution in [3.05, 3.63) is 0 Å². The highest BCUT2D eigenvalue weighted by Gasteiger charge is 2.12. The largest absolute Gasteiger partial charge is 0.399 e. The zero-order valence-electron chi connectivity index (χ0n) is 17.2. The predicted molar refractivity (Wildman–Crippen MR) is 130 cm³/mol. The first kappa shape index (κ1) is 27.7. The zero-order chi connectivity index (χ0) is 19.6. The minimum absolute atomic E-state index is 0.0135. The van der Waals surface area contributed by atoms with Gasteiger partial charge in [0.05, 0.1) is 0 Å². The Balaban J connectivity index is 3.56. The summed E-state index contributed by atoms with van der Waals surface area (Å²) in [5, 5.41) is 0. The van der Waals surface area contributed by atoms with Crippen LogP contribution in [0.1, 0.15) is 54.4 Å². The van der Waals surface area contributed by atoms with Crippen molar-refractivity contribution < 1.29 is 18.3 Å². The van der Waals surface area contributed by atoms with Crippen molar-refractivity contribution in [2.75, 3.05) is 24.7 Å². The SMILES string of the molecule is CCOC(CC)O[SiH2]C(C)CSSSSCC(C)[SiH2]OC(CC)OCC. The fourth-order valence-corrected chi connectivity index (χ4v) is 12.6. The highest BCUT2D eigenvalue weighted by atomic mass is 33.7. The highest BCUT2D eigenvalue weighted by molar-refractivity contribution is 9.26. The van der Waals surface area contributed by atoms with E-state index in [1.54, 1.807) is 0 Å². The Morgan fingerprint density at radius 1 is 0.692 bits per heavy atom. The van der Waals surface area contributed by atoms with Crippen LogP contribution in [0, 0.1) is 0 Å². The Labute approximate surface area is 181 Å². The summed E-state index contributed by atoms with van der Waals surface area (Å²) in [6.45, 7) is 14.3. The van der Waals surface area contributed by atoms with Crippen LogP contribution < -0.4 is 0 Å². The van der Waals surface area contributed by atoms with Gasteiger partial charge in [0, 0.05) is 24.7 Å². The standard InChI is InChI=1S/C16H38O4S4Si2/c1-7-15(17-9-3)19-25-13(5)11-21-23-24-22-12-14(6)26-20-16(8-2)18-10-4/h13-16H,7-12,25-26H2,1-6H3. The molecule has 26 heavy (non-hydrogen) atoms. The monoisotopic (exact) mass is 478 g/mol. The normalized spacial score (nSPS) is 17.3. The Morgan fingerprint density at radius 3 is 1.38 bits per heavy atom.